The second-order valence-corrected chi connectivity index (χ2v) is 9.56. The molecular weight excluding hydrogens is 420 g/mol. The fraction of sp³-hybridized carbons (Fsp3) is 0.350. The molecule has 0 radical (unpaired) electrons. The maximum Gasteiger partial charge on any atom is 0.293 e. The third-order valence-electron chi connectivity index (χ3n) is 5.47. The fourth-order valence-electron chi connectivity index (χ4n) is 3.62. The molecule has 3 aromatic rings. The number of sulfonamides is 1. The zero-order valence-electron chi connectivity index (χ0n) is 17.4. The lowest BCUT2D eigenvalue weighted by molar-refractivity contribution is -0.384. The number of benzene rings is 1. The minimum atomic E-state index is -3.79. The number of piperazine rings is 1. The van der Waals surface area contributed by atoms with E-state index in [1.807, 2.05) is 47.7 Å². The van der Waals surface area contributed by atoms with E-state index in [-0.39, 0.29) is 22.8 Å². The van der Waals surface area contributed by atoms with Crippen molar-refractivity contribution in [3.63, 3.8) is 0 Å². The number of nitro groups is 1. The minimum absolute atomic E-state index is 0.0716. The van der Waals surface area contributed by atoms with Crippen molar-refractivity contribution >= 4 is 27.0 Å². The first-order chi connectivity index (χ1) is 14.8. The predicted octanol–water partition coefficient (Wildman–Crippen LogP) is 2.10. The van der Waals surface area contributed by atoms with Crippen molar-refractivity contribution in [2.24, 2.45) is 0 Å². The summed E-state index contributed by atoms with van der Waals surface area (Å²) in [7, 11) is -1.86. The molecule has 11 heteroatoms. The number of anilines is 1. The van der Waals surface area contributed by atoms with Crippen LogP contribution in [0.25, 0.3) is 5.65 Å². The van der Waals surface area contributed by atoms with Gasteiger partial charge >= 0.3 is 0 Å². The summed E-state index contributed by atoms with van der Waals surface area (Å²) in [6.45, 7) is 4.21. The van der Waals surface area contributed by atoms with Crippen molar-refractivity contribution < 1.29 is 13.3 Å². The van der Waals surface area contributed by atoms with E-state index in [1.165, 1.54) is 16.4 Å². The number of pyridine rings is 1. The van der Waals surface area contributed by atoms with Gasteiger partial charge in [0.25, 0.3) is 5.69 Å². The molecule has 0 atom stereocenters. The highest BCUT2D eigenvalue weighted by Gasteiger charge is 2.29. The van der Waals surface area contributed by atoms with Crippen molar-refractivity contribution in [1.29, 1.82) is 0 Å². The molecule has 164 valence electrons. The quantitative estimate of drug-likeness (QED) is 0.457. The van der Waals surface area contributed by atoms with Crippen LogP contribution in [0.3, 0.4) is 0 Å². The summed E-state index contributed by atoms with van der Waals surface area (Å²) in [5.74, 6) is 0. The number of likely N-dealkylation sites (N-methyl/N-ethyl adjacent to an activating group) is 1. The number of aromatic nitrogens is 2. The summed E-state index contributed by atoms with van der Waals surface area (Å²) in [6, 6.07) is 9.76. The molecule has 10 nitrogen and oxygen atoms in total. The van der Waals surface area contributed by atoms with Gasteiger partial charge in [0.1, 0.15) is 11.3 Å². The van der Waals surface area contributed by atoms with Gasteiger partial charge in [-0.05, 0) is 38.2 Å². The van der Waals surface area contributed by atoms with Gasteiger partial charge in [0, 0.05) is 44.1 Å². The highest BCUT2D eigenvalue weighted by atomic mass is 32.2. The van der Waals surface area contributed by atoms with Crippen LogP contribution >= 0.6 is 0 Å². The lowest BCUT2D eigenvalue weighted by Gasteiger charge is -2.31. The van der Waals surface area contributed by atoms with E-state index < -0.39 is 14.9 Å². The first-order valence-electron chi connectivity index (χ1n) is 9.90. The van der Waals surface area contributed by atoms with E-state index in [0.717, 1.165) is 23.1 Å². The monoisotopic (exact) mass is 444 g/mol. The van der Waals surface area contributed by atoms with E-state index in [4.69, 9.17) is 0 Å². The molecule has 0 spiro atoms. The Kier molecular flexibility index (Phi) is 5.65. The Labute approximate surface area is 180 Å². The molecule has 2 aromatic heterocycles. The molecule has 0 amide bonds. The topological polar surface area (TPSA) is 113 Å². The summed E-state index contributed by atoms with van der Waals surface area (Å²) in [4.78, 5) is 17.6. The number of nitrogens with zero attached hydrogens (tertiary/aromatic N) is 5. The van der Waals surface area contributed by atoms with Crippen LogP contribution in [0.4, 0.5) is 11.4 Å². The van der Waals surface area contributed by atoms with Crippen LogP contribution in [-0.4, -0.2) is 65.2 Å². The molecule has 0 unspecified atom stereocenters. The zero-order valence-corrected chi connectivity index (χ0v) is 18.2. The highest BCUT2D eigenvalue weighted by Crippen LogP contribution is 2.29. The smallest absolute Gasteiger partial charge is 0.293 e. The third kappa shape index (κ3) is 4.24. The highest BCUT2D eigenvalue weighted by molar-refractivity contribution is 7.89. The standard InChI is InChI=1S/C20H24N6O4S/c1-15-4-3-5-20-22-16(14-25(15)20)13-21-18-7-6-17(12-19(18)26(27)28)31(29,30)24-10-8-23(2)9-11-24/h3-7,12,14,21H,8-11,13H2,1-2H3. The molecule has 1 saturated heterocycles. The minimum Gasteiger partial charge on any atom is -0.374 e. The van der Waals surface area contributed by atoms with E-state index in [0.29, 0.717) is 26.2 Å². The van der Waals surface area contributed by atoms with E-state index in [1.54, 1.807) is 0 Å². The first kappa shape index (κ1) is 21.2. The number of hydrogen-bond donors (Lipinski definition) is 1. The Bertz CT molecular complexity index is 1230. The van der Waals surface area contributed by atoms with E-state index in [9.17, 15) is 18.5 Å². The number of imidazole rings is 1. The molecule has 1 N–H and O–H groups in total. The van der Waals surface area contributed by atoms with Crippen molar-refractivity contribution in [2.75, 3.05) is 38.5 Å². The second kappa shape index (κ2) is 8.25. The van der Waals surface area contributed by atoms with E-state index in [2.05, 4.69) is 10.3 Å². The van der Waals surface area contributed by atoms with Crippen molar-refractivity contribution in [3.8, 4) is 0 Å². The van der Waals surface area contributed by atoms with Gasteiger partial charge in [-0.25, -0.2) is 13.4 Å². The normalized spacial score (nSPS) is 15.9. The predicted molar refractivity (Wildman–Crippen MR) is 117 cm³/mol. The van der Waals surface area contributed by atoms with Crippen molar-refractivity contribution in [1.82, 2.24) is 18.6 Å². The van der Waals surface area contributed by atoms with Gasteiger partial charge in [-0.2, -0.15) is 4.31 Å². The van der Waals surface area contributed by atoms with Crippen LogP contribution in [-0.2, 0) is 16.6 Å². The van der Waals surface area contributed by atoms with Crippen LogP contribution < -0.4 is 5.32 Å². The molecule has 1 aliphatic heterocycles. The number of hydrogen-bond acceptors (Lipinski definition) is 7. The molecular formula is C20H24N6O4S. The number of rotatable bonds is 6. The second-order valence-electron chi connectivity index (χ2n) is 7.62. The molecule has 1 aromatic carbocycles. The SMILES string of the molecule is Cc1cccc2nc(CNc3ccc(S(=O)(=O)N4CCN(C)CC4)cc3[N+](=O)[O-])cn12. The molecule has 0 bridgehead atoms. The van der Waals surface area contributed by atoms with Crippen LogP contribution in [0.1, 0.15) is 11.4 Å². The van der Waals surface area contributed by atoms with Crippen molar-refractivity contribution in [3.05, 3.63) is 64.1 Å². The van der Waals surface area contributed by atoms with Crippen LogP contribution in [0.15, 0.2) is 47.5 Å². The van der Waals surface area contributed by atoms with Crippen LogP contribution in [0.5, 0.6) is 0 Å². The van der Waals surface area contributed by atoms with Gasteiger partial charge in [-0.1, -0.05) is 6.07 Å². The van der Waals surface area contributed by atoms with Gasteiger partial charge in [0.2, 0.25) is 10.0 Å². The molecule has 1 fully saturated rings. The molecule has 4 rings (SSSR count). The largest absolute Gasteiger partial charge is 0.374 e. The molecule has 1 aliphatic rings. The number of nitro benzene ring substituents is 1. The lowest BCUT2D eigenvalue weighted by atomic mass is 10.2. The molecule has 31 heavy (non-hydrogen) atoms. The van der Waals surface area contributed by atoms with Gasteiger partial charge in [0.15, 0.2) is 0 Å². The summed E-state index contributed by atoms with van der Waals surface area (Å²) in [5.41, 5.74) is 2.50. The Morgan fingerprint density at radius 1 is 1.16 bits per heavy atom. The average molecular weight is 445 g/mol. The molecule has 0 saturated carbocycles. The van der Waals surface area contributed by atoms with Gasteiger partial charge in [-0.3, -0.25) is 10.1 Å². The number of fused-ring (bicyclic) bond motifs is 1. The first-order valence-corrected chi connectivity index (χ1v) is 11.3. The Morgan fingerprint density at radius 3 is 2.58 bits per heavy atom. The maximum atomic E-state index is 12.9. The van der Waals surface area contributed by atoms with Crippen LogP contribution in [0.2, 0.25) is 0 Å². The van der Waals surface area contributed by atoms with Crippen LogP contribution in [0, 0.1) is 17.0 Å². The van der Waals surface area contributed by atoms with E-state index >= 15 is 0 Å². The summed E-state index contributed by atoms with van der Waals surface area (Å²) >= 11 is 0. The van der Waals surface area contributed by atoms with Crippen molar-refractivity contribution in [2.45, 2.75) is 18.4 Å². The van der Waals surface area contributed by atoms with Gasteiger partial charge in [-0.15, -0.1) is 0 Å². The fourth-order valence-corrected chi connectivity index (χ4v) is 5.06. The van der Waals surface area contributed by atoms with Gasteiger partial charge < -0.3 is 14.6 Å². The zero-order chi connectivity index (χ0) is 22.2. The number of nitrogens with one attached hydrogen (secondary N) is 1. The maximum absolute atomic E-state index is 12.9. The Hall–Kier alpha value is -3.02. The Balaban J connectivity index is 1.57. The molecule has 0 aliphatic carbocycles. The third-order valence-corrected chi connectivity index (χ3v) is 7.37. The summed E-state index contributed by atoms with van der Waals surface area (Å²) in [5, 5.41) is 14.7. The summed E-state index contributed by atoms with van der Waals surface area (Å²) in [6.07, 6.45) is 1.87. The average Bonchev–Trinajstić information content (AvgIpc) is 3.17. The van der Waals surface area contributed by atoms with Gasteiger partial charge in [0.05, 0.1) is 22.1 Å². The number of aryl methyl sites for hydroxylation is 1. The molecule has 3 heterocycles. The lowest BCUT2D eigenvalue weighted by Crippen LogP contribution is -2.47. The Morgan fingerprint density at radius 2 is 1.90 bits per heavy atom. The summed E-state index contributed by atoms with van der Waals surface area (Å²) < 4.78 is 29.2.